The normalized spacial score (nSPS) is 18.9. The zero-order chi connectivity index (χ0) is 12.4. The van der Waals surface area contributed by atoms with E-state index in [2.05, 4.69) is 39.2 Å². The maximum absolute atomic E-state index is 12.0. The molecule has 1 aromatic rings. The van der Waals surface area contributed by atoms with E-state index in [1.54, 1.807) is 18.2 Å². The number of amides is 2. The summed E-state index contributed by atoms with van der Waals surface area (Å²) in [5.41, 5.74) is 0.525. The molecule has 2 amide bonds. The number of rotatable bonds is 2. The van der Waals surface area contributed by atoms with Crippen LogP contribution in [0.15, 0.2) is 27.6 Å². The first-order valence-electron chi connectivity index (χ1n) is 5.12. The first kappa shape index (κ1) is 12.4. The van der Waals surface area contributed by atoms with Crippen LogP contribution in [0.5, 0.6) is 0 Å². The SMILES string of the molecule is O=C1CC(NC(=O)c2cc(S)ccc2Br)CN1. The maximum atomic E-state index is 12.0. The summed E-state index contributed by atoms with van der Waals surface area (Å²) < 4.78 is 0.713. The van der Waals surface area contributed by atoms with Crippen molar-refractivity contribution < 1.29 is 9.59 Å². The van der Waals surface area contributed by atoms with Crippen molar-refractivity contribution in [1.82, 2.24) is 10.6 Å². The molecule has 4 nitrogen and oxygen atoms in total. The minimum absolute atomic E-state index is 0.0303. The second kappa shape index (κ2) is 5.10. The van der Waals surface area contributed by atoms with E-state index in [-0.39, 0.29) is 17.9 Å². The molecule has 0 aromatic heterocycles. The van der Waals surface area contributed by atoms with Gasteiger partial charge in [-0.25, -0.2) is 0 Å². The average Bonchev–Trinajstić information content (AvgIpc) is 2.67. The molecule has 90 valence electrons. The fourth-order valence-electron chi connectivity index (χ4n) is 1.66. The van der Waals surface area contributed by atoms with E-state index in [9.17, 15) is 9.59 Å². The molecule has 2 N–H and O–H groups in total. The molecule has 0 saturated carbocycles. The van der Waals surface area contributed by atoms with Gasteiger partial charge in [0.15, 0.2) is 0 Å². The Kier molecular flexibility index (Phi) is 3.73. The highest BCUT2D eigenvalue weighted by atomic mass is 79.9. The summed E-state index contributed by atoms with van der Waals surface area (Å²) in [6.07, 6.45) is 0.337. The molecule has 1 aliphatic rings. The predicted molar refractivity (Wildman–Crippen MR) is 70.3 cm³/mol. The Morgan fingerprint density at radius 1 is 1.53 bits per heavy atom. The molecule has 1 saturated heterocycles. The van der Waals surface area contributed by atoms with Crippen molar-refractivity contribution >= 4 is 40.4 Å². The Hall–Kier alpha value is -1.01. The van der Waals surface area contributed by atoms with E-state index in [1.807, 2.05) is 0 Å². The average molecular weight is 315 g/mol. The molecule has 17 heavy (non-hydrogen) atoms. The van der Waals surface area contributed by atoms with Gasteiger partial charge < -0.3 is 10.6 Å². The second-order valence-corrected chi connectivity index (χ2v) is 5.21. The van der Waals surface area contributed by atoms with Crippen LogP contribution in [0, 0.1) is 0 Å². The number of carbonyl (C=O) groups excluding carboxylic acids is 2. The summed E-state index contributed by atoms with van der Waals surface area (Å²) in [6, 6.07) is 5.12. The zero-order valence-corrected chi connectivity index (χ0v) is 11.3. The quantitative estimate of drug-likeness (QED) is 0.722. The summed E-state index contributed by atoms with van der Waals surface area (Å²) in [6.45, 7) is 0.489. The molecule has 1 aromatic carbocycles. The molecule has 0 aliphatic carbocycles. The van der Waals surface area contributed by atoms with Gasteiger partial charge in [0.2, 0.25) is 5.91 Å². The number of benzene rings is 1. The van der Waals surface area contributed by atoms with E-state index in [0.29, 0.717) is 23.0 Å². The van der Waals surface area contributed by atoms with Crippen molar-refractivity contribution in [2.45, 2.75) is 17.4 Å². The zero-order valence-electron chi connectivity index (χ0n) is 8.87. The minimum atomic E-state index is -0.200. The molecular weight excluding hydrogens is 304 g/mol. The van der Waals surface area contributed by atoms with Crippen molar-refractivity contribution in [3.63, 3.8) is 0 Å². The molecule has 1 atom stereocenters. The number of hydrogen-bond donors (Lipinski definition) is 3. The van der Waals surface area contributed by atoms with Crippen molar-refractivity contribution in [3.8, 4) is 0 Å². The molecule has 1 aliphatic heterocycles. The van der Waals surface area contributed by atoms with Gasteiger partial charge in [0, 0.05) is 22.3 Å². The van der Waals surface area contributed by atoms with Crippen molar-refractivity contribution in [3.05, 3.63) is 28.2 Å². The third-order valence-corrected chi connectivity index (χ3v) is 3.48. The number of thiol groups is 1. The molecule has 0 radical (unpaired) electrons. The van der Waals surface area contributed by atoms with Crippen LogP contribution in [0.25, 0.3) is 0 Å². The van der Waals surface area contributed by atoms with Crippen LogP contribution in [0.2, 0.25) is 0 Å². The van der Waals surface area contributed by atoms with Gasteiger partial charge in [-0.15, -0.1) is 12.6 Å². The number of nitrogens with one attached hydrogen (secondary N) is 2. The van der Waals surface area contributed by atoms with Gasteiger partial charge in [-0.05, 0) is 34.1 Å². The van der Waals surface area contributed by atoms with E-state index >= 15 is 0 Å². The topological polar surface area (TPSA) is 58.2 Å². The van der Waals surface area contributed by atoms with Crippen molar-refractivity contribution in [2.75, 3.05) is 6.54 Å². The fourth-order valence-corrected chi connectivity index (χ4v) is 2.29. The van der Waals surface area contributed by atoms with Crippen LogP contribution >= 0.6 is 28.6 Å². The Labute approximate surface area is 113 Å². The Balaban J connectivity index is 2.09. The Morgan fingerprint density at radius 3 is 2.94 bits per heavy atom. The first-order valence-corrected chi connectivity index (χ1v) is 6.36. The van der Waals surface area contributed by atoms with E-state index < -0.39 is 0 Å². The number of halogens is 1. The standard InChI is InChI=1S/C11H11BrN2O2S/c12-9-2-1-7(17)4-8(9)11(16)14-6-3-10(15)13-5-6/h1-2,4,6,17H,3,5H2,(H,13,15)(H,14,16). The van der Waals surface area contributed by atoms with E-state index in [4.69, 9.17) is 0 Å². The number of carbonyl (C=O) groups is 2. The molecule has 1 unspecified atom stereocenters. The highest BCUT2D eigenvalue weighted by Crippen LogP contribution is 2.20. The predicted octanol–water partition coefficient (Wildman–Crippen LogP) is 1.36. The lowest BCUT2D eigenvalue weighted by Gasteiger charge is -2.11. The highest BCUT2D eigenvalue weighted by molar-refractivity contribution is 9.10. The number of hydrogen-bond acceptors (Lipinski definition) is 3. The molecule has 6 heteroatoms. The van der Waals surface area contributed by atoms with Crippen LogP contribution in [0.3, 0.4) is 0 Å². The summed E-state index contributed by atoms with van der Waals surface area (Å²) in [7, 11) is 0. The van der Waals surface area contributed by atoms with Crippen molar-refractivity contribution in [2.24, 2.45) is 0 Å². The lowest BCUT2D eigenvalue weighted by molar-refractivity contribution is -0.119. The molecule has 1 fully saturated rings. The molecule has 0 bridgehead atoms. The van der Waals surface area contributed by atoms with Gasteiger partial charge in [0.1, 0.15) is 0 Å². The molecule has 1 heterocycles. The van der Waals surface area contributed by atoms with Crippen LogP contribution in [-0.4, -0.2) is 24.4 Å². The Bertz CT molecular complexity index is 479. The van der Waals surface area contributed by atoms with Gasteiger partial charge in [-0.1, -0.05) is 0 Å². The van der Waals surface area contributed by atoms with Crippen molar-refractivity contribution in [1.29, 1.82) is 0 Å². The summed E-state index contributed by atoms with van der Waals surface area (Å²) in [5.74, 6) is -0.230. The lowest BCUT2D eigenvalue weighted by atomic mass is 10.2. The second-order valence-electron chi connectivity index (χ2n) is 3.84. The van der Waals surface area contributed by atoms with Crippen LogP contribution in [0.4, 0.5) is 0 Å². The van der Waals surface area contributed by atoms with Gasteiger partial charge in [0.05, 0.1) is 11.6 Å². The van der Waals surface area contributed by atoms with Gasteiger partial charge in [0.25, 0.3) is 5.91 Å². The van der Waals surface area contributed by atoms with Crippen LogP contribution in [-0.2, 0) is 4.79 Å². The van der Waals surface area contributed by atoms with Gasteiger partial charge in [-0.3, -0.25) is 9.59 Å². The summed E-state index contributed by atoms with van der Waals surface area (Å²) in [5, 5.41) is 5.48. The molecule has 0 spiro atoms. The van der Waals surface area contributed by atoms with E-state index in [0.717, 1.165) is 4.90 Å². The van der Waals surface area contributed by atoms with E-state index in [1.165, 1.54) is 0 Å². The summed E-state index contributed by atoms with van der Waals surface area (Å²) in [4.78, 5) is 23.7. The van der Waals surface area contributed by atoms with Crippen LogP contribution < -0.4 is 10.6 Å². The third kappa shape index (κ3) is 3.01. The van der Waals surface area contributed by atoms with Gasteiger partial charge >= 0.3 is 0 Å². The summed E-state index contributed by atoms with van der Waals surface area (Å²) >= 11 is 7.51. The maximum Gasteiger partial charge on any atom is 0.252 e. The first-order chi connectivity index (χ1) is 8.06. The largest absolute Gasteiger partial charge is 0.354 e. The minimum Gasteiger partial charge on any atom is -0.354 e. The molecule has 2 rings (SSSR count). The fraction of sp³-hybridized carbons (Fsp3) is 0.273. The third-order valence-electron chi connectivity index (χ3n) is 2.51. The lowest BCUT2D eigenvalue weighted by Crippen LogP contribution is -2.36. The van der Waals surface area contributed by atoms with Crippen LogP contribution in [0.1, 0.15) is 16.8 Å². The van der Waals surface area contributed by atoms with Gasteiger partial charge in [-0.2, -0.15) is 0 Å². The highest BCUT2D eigenvalue weighted by Gasteiger charge is 2.23. The monoisotopic (exact) mass is 314 g/mol. The molecular formula is C11H11BrN2O2S. The smallest absolute Gasteiger partial charge is 0.252 e. The Morgan fingerprint density at radius 2 is 2.29 bits per heavy atom.